The minimum Gasteiger partial charge on any atom is -0.369 e. The van der Waals surface area contributed by atoms with E-state index in [1.807, 2.05) is 0 Å². The first-order chi connectivity index (χ1) is 7.27. The molecule has 0 saturated heterocycles. The van der Waals surface area contributed by atoms with Crippen LogP contribution in [0.2, 0.25) is 0 Å². The molecule has 0 aliphatic carbocycles. The fraction of sp³-hybridized carbons (Fsp3) is 0.100. The number of nitrogens with zero attached hydrogens (tertiary/aromatic N) is 3. The average Bonchev–Trinajstić information content (AvgIpc) is 2.62. The quantitative estimate of drug-likeness (QED) is 0.656. The third-order valence-corrected chi connectivity index (χ3v) is 1.76. The Hall–Kier alpha value is -2.35. The van der Waals surface area contributed by atoms with Gasteiger partial charge in [-0.3, -0.25) is 4.79 Å². The van der Waals surface area contributed by atoms with Crippen LogP contribution in [0.3, 0.4) is 0 Å². The van der Waals surface area contributed by atoms with Crippen molar-refractivity contribution in [2.24, 2.45) is 5.73 Å². The molecule has 2 rings (SSSR count). The Balaban J connectivity index is 2.35. The third-order valence-electron chi connectivity index (χ3n) is 1.76. The maximum absolute atomic E-state index is 10.5. The van der Waals surface area contributed by atoms with Gasteiger partial charge in [0.25, 0.3) is 0 Å². The summed E-state index contributed by atoms with van der Waals surface area (Å²) >= 11 is 0. The van der Waals surface area contributed by atoms with Crippen molar-refractivity contribution < 1.29 is 4.79 Å². The SMILES string of the molecule is NC(=O)CC#Cc1cnn2cccnc12. The van der Waals surface area contributed by atoms with Gasteiger partial charge in [-0.1, -0.05) is 11.8 Å². The number of rotatable bonds is 1. The number of nitrogens with two attached hydrogens (primary N) is 1. The van der Waals surface area contributed by atoms with Crippen LogP contribution in [-0.2, 0) is 4.79 Å². The standard InChI is InChI=1S/C10H8N4O/c11-9(15)4-1-3-8-7-13-14-6-2-5-12-10(8)14/h2,5-7H,4H2,(H2,11,15). The van der Waals surface area contributed by atoms with E-state index in [9.17, 15) is 4.79 Å². The summed E-state index contributed by atoms with van der Waals surface area (Å²) in [5.74, 6) is 5.03. The number of carbonyl (C=O) groups excluding carboxylic acids is 1. The van der Waals surface area contributed by atoms with Crippen molar-refractivity contribution in [3.8, 4) is 11.8 Å². The lowest BCUT2D eigenvalue weighted by Gasteiger charge is -1.88. The van der Waals surface area contributed by atoms with Gasteiger partial charge in [0, 0.05) is 12.4 Å². The molecule has 2 heterocycles. The summed E-state index contributed by atoms with van der Waals surface area (Å²) in [6, 6.07) is 1.78. The number of hydrogen-bond donors (Lipinski definition) is 1. The maximum atomic E-state index is 10.5. The van der Waals surface area contributed by atoms with Crippen LogP contribution in [0.25, 0.3) is 5.65 Å². The number of aromatic nitrogens is 3. The third kappa shape index (κ3) is 1.94. The second-order valence-electron chi connectivity index (χ2n) is 2.89. The summed E-state index contributed by atoms with van der Waals surface area (Å²) < 4.78 is 1.62. The molecule has 0 unspecified atom stereocenters. The summed E-state index contributed by atoms with van der Waals surface area (Å²) in [5.41, 5.74) is 6.33. The molecule has 0 atom stereocenters. The van der Waals surface area contributed by atoms with Crippen molar-refractivity contribution in [1.82, 2.24) is 14.6 Å². The van der Waals surface area contributed by atoms with E-state index in [1.165, 1.54) is 0 Å². The van der Waals surface area contributed by atoms with Crippen LogP contribution in [0, 0.1) is 11.8 Å². The van der Waals surface area contributed by atoms with Crippen LogP contribution >= 0.6 is 0 Å². The van der Waals surface area contributed by atoms with Gasteiger partial charge in [-0.05, 0) is 6.07 Å². The number of carbonyl (C=O) groups is 1. The lowest BCUT2D eigenvalue weighted by molar-refractivity contribution is -0.117. The maximum Gasteiger partial charge on any atom is 0.229 e. The molecular formula is C10H8N4O. The normalized spacial score (nSPS) is 9.60. The largest absolute Gasteiger partial charge is 0.369 e. The molecule has 2 aromatic rings. The number of hydrogen-bond acceptors (Lipinski definition) is 3. The molecule has 0 aromatic carbocycles. The van der Waals surface area contributed by atoms with E-state index in [1.54, 1.807) is 29.2 Å². The lowest BCUT2D eigenvalue weighted by Crippen LogP contribution is -2.08. The highest BCUT2D eigenvalue weighted by Gasteiger charge is 2.00. The number of amides is 1. The fourth-order valence-electron chi connectivity index (χ4n) is 1.14. The van der Waals surface area contributed by atoms with Crippen molar-refractivity contribution in [1.29, 1.82) is 0 Å². The van der Waals surface area contributed by atoms with E-state index >= 15 is 0 Å². The van der Waals surface area contributed by atoms with E-state index < -0.39 is 5.91 Å². The Kier molecular flexibility index (Phi) is 2.33. The zero-order chi connectivity index (χ0) is 10.7. The molecule has 0 aliphatic heterocycles. The van der Waals surface area contributed by atoms with Crippen molar-refractivity contribution in [2.75, 3.05) is 0 Å². The Morgan fingerprint density at radius 3 is 3.27 bits per heavy atom. The Morgan fingerprint density at radius 2 is 2.47 bits per heavy atom. The minimum atomic E-state index is -0.438. The number of fused-ring (bicyclic) bond motifs is 1. The number of primary amides is 1. The van der Waals surface area contributed by atoms with E-state index in [-0.39, 0.29) is 6.42 Å². The first kappa shape index (κ1) is 9.21. The minimum absolute atomic E-state index is 0.0458. The predicted molar refractivity (Wildman–Crippen MR) is 53.7 cm³/mol. The molecule has 0 bridgehead atoms. The molecule has 0 fully saturated rings. The van der Waals surface area contributed by atoms with E-state index in [4.69, 9.17) is 5.73 Å². The van der Waals surface area contributed by atoms with E-state index in [0.29, 0.717) is 11.2 Å². The van der Waals surface area contributed by atoms with Crippen molar-refractivity contribution in [3.05, 3.63) is 30.2 Å². The van der Waals surface area contributed by atoms with Crippen LogP contribution in [0.5, 0.6) is 0 Å². The molecule has 74 valence electrons. The summed E-state index contributed by atoms with van der Waals surface area (Å²) in [5, 5.41) is 4.05. The second-order valence-corrected chi connectivity index (χ2v) is 2.89. The zero-order valence-corrected chi connectivity index (χ0v) is 7.84. The highest BCUT2D eigenvalue weighted by Crippen LogP contribution is 2.04. The van der Waals surface area contributed by atoms with Crippen LogP contribution in [0.4, 0.5) is 0 Å². The van der Waals surface area contributed by atoms with Crippen LogP contribution in [-0.4, -0.2) is 20.5 Å². The van der Waals surface area contributed by atoms with Gasteiger partial charge < -0.3 is 5.73 Å². The van der Waals surface area contributed by atoms with Gasteiger partial charge in [-0.15, -0.1) is 0 Å². The van der Waals surface area contributed by atoms with Crippen molar-refractivity contribution in [3.63, 3.8) is 0 Å². The molecule has 0 aliphatic rings. The van der Waals surface area contributed by atoms with E-state index in [0.717, 1.165) is 0 Å². The van der Waals surface area contributed by atoms with Gasteiger partial charge in [0.2, 0.25) is 5.91 Å². The van der Waals surface area contributed by atoms with Gasteiger partial charge in [0.15, 0.2) is 5.65 Å². The van der Waals surface area contributed by atoms with Gasteiger partial charge in [-0.2, -0.15) is 5.10 Å². The van der Waals surface area contributed by atoms with Crippen LogP contribution in [0.1, 0.15) is 12.0 Å². The molecule has 1 amide bonds. The van der Waals surface area contributed by atoms with Gasteiger partial charge in [-0.25, -0.2) is 9.50 Å². The average molecular weight is 200 g/mol. The summed E-state index contributed by atoms with van der Waals surface area (Å²) in [7, 11) is 0. The molecular weight excluding hydrogens is 192 g/mol. The monoisotopic (exact) mass is 200 g/mol. The molecule has 0 spiro atoms. The summed E-state index contributed by atoms with van der Waals surface area (Å²) in [6.07, 6.45) is 5.10. The molecule has 5 heteroatoms. The van der Waals surface area contributed by atoms with E-state index in [2.05, 4.69) is 21.9 Å². The molecule has 2 N–H and O–H groups in total. The molecule has 0 radical (unpaired) electrons. The Morgan fingerprint density at radius 1 is 1.60 bits per heavy atom. The summed E-state index contributed by atoms with van der Waals surface area (Å²) in [6.45, 7) is 0. The highest BCUT2D eigenvalue weighted by molar-refractivity contribution is 5.76. The van der Waals surface area contributed by atoms with Crippen LogP contribution in [0.15, 0.2) is 24.7 Å². The first-order valence-electron chi connectivity index (χ1n) is 4.33. The Labute approximate surface area is 85.9 Å². The zero-order valence-electron chi connectivity index (χ0n) is 7.84. The fourth-order valence-corrected chi connectivity index (χ4v) is 1.14. The van der Waals surface area contributed by atoms with Gasteiger partial charge >= 0.3 is 0 Å². The lowest BCUT2D eigenvalue weighted by atomic mass is 10.3. The van der Waals surface area contributed by atoms with Crippen LogP contribution < -0.4 is 5.73 Å². The second kappa shape index (κ2) is 3.80. The van der Waals surface area contributed by atoms with Gasteiger partial charge in [0.1, 0.15) is 0 Å². The molecule has 0 saturated carbocycles. The topological polar surface area (TPSA) is 73.3 Å². The highest BCUT2D eigenvalue weighted by atomic mass is 16.1. The smallest absolute Gasteiger partial charge is 0.229 e. The molecule has 2 aromatic heterocycles. The van der Waals surface area contributed by atoms with Crippen molar-refractivity contribution >= 4 is 11.6 Å². The summed E-state index contributed by atoms with van der Waals surface area (Å²) in [4.78, 5) is 14.6. The van der Waals surface area contributed by atoms with Crippen molar-refractivity contribution in [2.45, 2.75) is 6.42 Å². The van der Waals surface area contributed by atoms with Gasteiger partial charge in [0.05, 0.1) is 18.2 Å². The Bertz CT molecular complexity index is 561. The molecule has 15 heavy (non-hydrogen) atoms. The molecule has 5 nitrogen and oxygen atoms in total. The predicted octanol–water partition coefficient (Wildman–Crippen LogP) is -0.0438. The first-order valence-corrected chi connectivity index (χ1v) is 4.33.